The molecule has 216 valence electrons. The van der Waals surface area contributed by atoms with E-state index >= 15 is 0 Å². The average molecular weight is 581 g/mol. The lowest BCUT2D eigenvalue weighted by Crippen LogP contribution is -2.50. The van der Waals surface area contributed by atoms with Crippen LogP contribution in [-0.4, -0.2) is 83.3 Å². The summed E-state index contributed by atoms with van der Waals surface area (Å²) in [6.45, 7) is 1.48. The molecule has 0 N–H and O–H groups in total. The lowest BCUT2D eigenvalue weighted by atomic mass is 9.96. The molecule has 1 aliphatic heterocycles. The van der Waals surface area contributed by atoms with Crippen LogP contribution < -0.4 is 23.7 Å². The van der Waals surface area contributed by atoms with Crippen molar-refractivity contribution in [3.8, 4) is 28.7 Å². The summed E-state index contributed by atoms with van der Waals surface area (Å²) in [7, 11) is 7.64. The van der Waals surface area contributed by atoms with Crippen LogP contribution in [0.1, 0.15) is 21.5 Å². The molecule has 0 unspecified atom stereocenters. The first-order valence-electron chi connectivity index (χ1n) is 12.9. The van der Waals surface area contributed by atoms with Gasteiger partial charge in [-0.25, -0.2) is 0 Å². The minimum atomic E-state index is -0.185. The summed E-state index contributed by atoms with van der Waals surface area (Å²) in [6.07, 6.45) is 1.59. The van der Waals surface area contributed by atoms with Gasteiger partial charge in [-0.1, -0.05) is 35.9 Å². The van der Waals surface area contributed by atoms with Crippen LogP contribution in [0.2, 0.25) is 5.02 Å². The third-order valence-electron chi connectivity index (χ3n) is 6.91. The van der Waals surface area contributed by atoms with Gasteiger partial charge in [-0.05, 0) is 41.5 Å². The fourth-order valence-electron chi connectivity index (χ4n) is 4.78. The number of hydrogen-bond donors (Lipinski definition) is 0. The fraction of sp³-hybridized carbons (Fsp3) is 0.290. The van der Waals surface area contributed by atoms with Gasteiger partial charge < -0.3 is 33.5 Å². The number of amides is 2. The molecule has 3 aromatic carbocycles. The lowest BCUT2D eigenvalue weighted by Gasteiger charge is -2.34. The molecule has 10 heteroatoms. The van der Waals surface area contributed by atoms with E-state index in [1.54, 1.807) is 60.4 Å². The molecular weight excluding hydrogens is 548 g/mol. The van der Waals surface area contributed by atoms with Gasteiger partial charge in [-0.15, -0.1) is 0 Å². The molecule has 2 amide bonds. The van der Waals surface area contributed by atoms with Crippen molar-refractivity contribution in [1.29, 1.82) is 0 Å². The second-order valence-electron chi connectivity index (χ2n) is 9.14. The molecular formula is C31H33ClN2O7. The Balaban J connectivity index is 1.57. The number of carbonyl (C=O) groups excluding carboxylic acids is 2. The first-order valence-corrected chi connectivity index (χ1v) is 13.3. The number of nitrogens with zero attached hydrogens (tertiary/aromatic N) is 2. The number of piperazine rings is 1. The van der Waals surface area contributed by atoms with Crippen LogP contribution in [0.4, 0.5) is 0 Å². The quantitative estimate of drug-likeness (QED) is 0.336. The van der Waals surface area contributed by atoms with E-state index in [-0.39, 0.29) is 11.8 Å². The van der Waals surface area contributed by atoms with Gasteiger partial charge in [-0.2, -0.15) is 0 Å². The Morgan fingerprint density at radius 3 is 1.78 bits per heavy atom. The molecule has 1 heterocycles. The van der Waals surface area contributed by atoms with E-state index in [1.165, 1.54) is 21.3 Å². The van der Waals surface area contributed by atoms with Crippen LogP contribution in [0.5, 0.6) is 28.7 Å². The van der Waals surface area contributed by atoms with Crippen molar-refractivity contribution < 1.29 is 33.3 Å². The lowest BCUT2D eigenvalue weighted by molar-refractivity contribution is -0.127. The summed E-state index contributed by atoms with van der Waals surface area (Å²) in [5.74, 6) is 1.92. The summed E-state index contributed by atoms with van der Waals surface area (Å²) in [5.41, 5.74) is 2.58. The highest BCUT2D eigenvalue weighted by Crippen LogP contribution is 2.39. The van der Waals surface area contributed by atoms with Crippen molar-refractivity contribution in [2.75, 3.05) is 61.7 Å². The van der Waals surface area contributed by atoms with Gasteiger partial charge in [-0.3, -0.25) is 9.59 Å². The molecule has 1 aliphatic rings. The predicted molar refractivity (Wildman–Crippen MR) is 157 cm³/mol. The van der Waals surface area contributed by atoms with Gasteiger partial charge in [0.1, 0.15) is 0 Å². The van der Waals surface area contributed by atoms with Crippen molar-refractivity contribution >= 4 is 29.0 Å². The topological polar surface area (TPSA) is 86.8 Å². The molecule has 0 saturated carbocycles. The Bertz CT molecular complexity index is 1410. The molecule has 0 atom stereocenters. The van der Waals surface area contributed by atoms with Gasteiger partial charge in [0.15, 0.2) is 23.0 Å². The van der Waals surface area contributed by atoms with E-state index in [0.717, 1.165) is 5.56 Å². The summed E-state index contributed by atoms with van der Waals surface area (Å²) in [4.78, 5) is 30.3. The molecule has 9 nitrogen and oxygen atoms in total. The van der Waals surface area contributed by atoms with Gasteiger partial charge in [0.25, 0.3) is 5.91 Å². The van der Waals surface area contributed by atoms with Crippen LogP contribution in [-0.2, 0) is 4.79 Å². The first kappa shape index (κ1) is 29.6. The summed E-state index contributed by atoms with van der Waals surface area (Å²) in [6, 6.07) is 16.0. The monoisotopic (exact) mass is 580 g/mol. The van der Waals surface area contributed by atoms with Gasteiger partial charge in [0.05, 0.1) is 35.5 Å². The number of carbonyl (C=O) groups is 2. The summed E-state index contributed by atoms with van der Waals surface area (Å²) in [5, 5.41) is 0.588. The zero-order valence-corrected chi connectivity index (χ0v) is 24.5. The van der Waals surface area contributed by atoms with E-state index in [2.05, 4.69) is 0 Å². The van der Waals surface area contributed by atoms with Crippen LogP contribution in [0.15, 0.2) is 60.7 Å². The molecule has 0 aromatic heterocycles. The maximum atomic E-state index is 13.6. The minimum absolute atomic E-state index is 0.181. The largest absolute Gasteiger partial charge is 0.493 e. The van der Waals surface area contributed by atoms with Crippen molar-refractivity contribution in [3.05, 3.63) is 82.4 Å². The zero-order valence-electron chi connectivity index (χ0n) is 23.7. The molecule has 0 aliphatic carbocycles. The third-order valence-corrected chi connectivity index (χ3v) is 7.16. The molecule has 0 spiro atoms. The number of hydrogen-bond acceptors (Lipinski definition) is 7. The minimum Gasteiger partial charge on any atom is -0.493 e. The van der Waals surface area contributed by atoms with E-state index in [1.807, 2.05) is 24.3 Å². The number of rotatable bonds is 9. The van der Waals surface area contributed by atoms with E-state index in [0.29, 0.717) is 76.6 Å². The Morgan fingerprint density at radius 2 is 1.24 bits per heavy atom. The predicted octanol–water partition coefficient (Wildman–Crippen LogP) is 4.80. The zero-order chi connectivity index (χ0) is 29.5. The highest BCUT2D eigenvalue weighted by atomic mass is 35.5. The second kappa shape index (κ2) is 13.3. The van der Waals surface area contributed by atoms with Crippen molar-refractivity contribution in [2.24, 2.45) is 0 Å². The van der Waals surface area contributed by atoms with Crippen LogP contribution >= 0.6 is 11.6 Å². The molecule has 1 fully saturated rings. The van der Waals surface area contributed by atoms with E-state index in [4.69, 9.17) is 35.3 Å². The number of methoxy groups -OCH3 is 5. The van der Waals surface area contributed by atoms with Gasteiger partial charge in [0.2, 0.25) is 11.7 Å². The van der Waals surface area contributed by atoms with Crippen molar-refractivity contribution in [1.82, 2.24) is 9.80 Å². The van der Waals surface area contributed by atoms with E-state index < -0.39 is 0 Å². The molecule has 0 bridgehead atoms. The second-order valence-corrected chi connectivity index (χ2v) is 9.57. The van der Waals surface area contributed by atoms with Crippen molar-refractivity contribution in [2.45, 2.75) is 0 Å². The molecule has 0 radical (unpaired) electrons. The average Bonchev–Trinajstić information content (AvgIpc) is 3.02. The van der Waals surface area contributed by atoms with Gasteiger partial charge >= 0.3 is 0 Å². The third kappa shape index (κ3) is 6.36. The van der Waals surface area contributed by atoms with Crippen molar-refractivity contribution in [3.63, 3.8) is 0 Å². The Labute approximate surface area is 244 Å². The molecule has 3 aromatic rings. The summed E-state index contributed by atoms with van der Waals surface area (Å²) < 4.78 is 27.3. The number of benzene rings is 3. The van der Waals surface area contributed by atoms with Crippen LogP contribution in [0, 0.1) is 0 Å². The molecule has 1 saturated heterocycles. The summed E-state index contributed by atoms with van der Waals surface area (Å²) >= 11 is 6.14. The molecule has 4 rings (SSSR count). The fourth-order valence-corrected chi connectivity index (χ4v) is 4.90. The standard InChI is InChI=1S/C31H33ClN2O7/c1-37-25-8-6-7-23(29(25)40-4)24(20-9-11-22(32)12-10-20)19-28(35)33-13-15-34(16-14-33)31(36)21-17-26(38-2)30(41-5)27(18-21)39-3/h6-12,17-19H,13-16H2,1-5H3. The van der Waals surface area contributed by atoms with Crippen LogP contribution in [0.25, 0.3) is 5.57 Å². The van der Waals surface area contributed by atoms with E-state index in [9.17, 15) is 9.59 Å². The van der Waals surface area contributed by atoms with Crippen LogP contribution in [0.3, 0.4) is 0 Å². The number of ether oxygens (including phenoxy) is 5. The Morgan fingerprint density at radius 1 is 0.683 bits per heavy atom. The van der Waals surface area contributed by atoms with Gasteiger partial charge in [0, 0.05) is 48.4 Å². The Kier molecular flexibility index (Phi) is 9.62. The number of halogens is 1. The maximum absolute atomic E-state index is 13.6. The Hall–Kier alpha value is -4.37. The maximum Gasteiger partial charge on any atom is 0.254 e. The number of para-hydroxylation sites is 1. The SMILES string of the molecule is COc1cc(C(=O)N2CCN(C(=O)C=C(c3ccc(Cl)cc3)c3cccc(OC)c3OC)CC2)cc(OC)c1OC. The smallest absolute Gasteiger partial charge is 0.254 e. The normalized spacial score (nSPS) is 13.5. The highest BCUT2D eigenvalue weighted by Gasteiger charge is 2.27. The highest BCUT2D eigenvalue weighted by molar-refractivity contribution is 6.30. The first-order chi connectivity index (χ1) is 19.8. The molecule has 41 heavy (non-hydrogen) atoms.